The molecule has 2 heterocycles. The summed E-state index contributed by atoms with van der Waals surface area (Å²) in [6.45, 7) is 1.60. The monoisotopic (exact) mass is 243 g/mol. The first-order valence-electron chi connectivity index (χ1n) is 4.18. The van der Waals surface area contributed by atoms with Gasteiger partial charge in [-0.2, -0.15) is 0 Å². The predicted octanol–water partition coefficient (Wildman–Crippen LogP) is 1.44. The van der Waals surface area contributed by atoms with Gasteiger partial charge in [0.25, 0.3) is 0 Å². The normalized spacial score (nSPS) is 21.8. The predicted molar refractivity (Wildman–Crippen MR) is 52.6 cm³/mol. The van der Waals surface area contributed by atoms with E-state index in [1.807, 2.05) is 12.1 Å². The van der Waals surface area contributed by atoms with Gasteiger partial charge in [0.05, 0.1) is 12.6 Å². The van der Waals surface area contributed by atoms with Crippen LogP contribution in [0.2, 0.25) is 0 Å². The minimum absolute atomic E-state index is 0.385. The maximum Gasteiger partial charge on any atom is 0.149 e. The number of halogens is 1. The van der Waals surface area contributed by atoms with Crippen molar-refractivity contribution < 1.29 is 4.74 Å². The zero-order valence-corrected chi connectivity index (χ0v) is 8.62. The van der Waals surface area contributed by atoms with E-state index in [9.17, 15) is 0 Å². The molecular formula is C8H10BrN3O. The maximum absolute atomic E-state index is 5.23. The maximum atomic E-state index is 5.23. The van der Waals surface area contributed by atoms with Crippen molar-refractivity contribution in [1.29, 1.82) is 0 Å². The van der Waals surface area contributed by atoms with Crippen LogP contribution < -0.4 is 5.32 Å². The van der Waals surface area contributed by atoms with Crippen molar-refractivity contribution in [3.63, 3.8) is 0 Å². The van der Waals surface area contributed by atoms with Crippen molar-refractivity contribution in [2.24, 2.45) is 0 Å². The lowest BCUT2D eigenvalue weighted by molar-refractivity contribution is 0.195. The molecule has 1 aliphatic rings. The van der Waals surface area contributed by atoms with Gasteiger partial charge in [-0.15, -0.1) is 10.2 Å². The lowest BCUT2D eigenvalue weighted by atomic mass is 10.2. The molecule has 0 aliphatic carbocycles. The first kappa shape index (κ1) is 8.90. The number of hydrogen-bond acceptors (Lipinski definition) is 4. The third kappa shape index (κ3) is 2.38. The van der Waals surface area contributed by atoms with Crippen LogP contribution in [0.4, 0.5) is 5.82 Å². The molecule has 1 aromatic heterocycles. The van der Waals surface area contributed by atoms with Gasteiger partial charge in [-0.05, 0) is 34.5 Å². The third-order valence-electron chi connectivity index (χ3n) is 1.91. The lowest BCUT2D eigenvalue weighted by Crippen LogP contribution is -2.19. The molecule has 1 N–H and O–H groups in total. The van der Waals surface area contributed by atoms with E-state index >= 15 is 0 Å². The van der Waals surface area contributed by atoms with E-state index in [1.165, 1.54) is 0 Å². The third-order valence-corrected chi connectivity index (χ3v) is 2.34. The molecule has 0 bridgehead atoms. The van der Waals surface area contributed by atoms with Gasteiger partial charge in [0.1, 0.15) is 10.4 Å². The average molecular weight is 244 g/mol. The number of hydrogen-bond donors (Lipinski definition) is 1. The molecule has 0 radical (unpaired) electrons. The summed E-state index contributed by atoms with van der Waals surface area (Å²) in [4.78, 5) is 0. The molecule has 1 saturated heterocycles. The summed E-state index contributed by atoms with van der Waals surface area (Å²) in [5.74, 6) is 0.804. The molecule has 0 unspecified atom stereocenters. The summed E-state index contributed by atoms with van der Waals surface area (Å²) < 4.78 is 5.98. The largest absolute Gasteiger partial charge is 0.379 e. The molecule has 5 heteroatoms. The van der Waals surface area contributed by atoms with Crippen LogP contribution in [-0.4, -0.2) is 29.5 Å². The molecule has 0 aromatic carbocycles. The Morgan fingerprint density at radius 2 is 2.38 bits per heavy atom. The number of rotatable bonds is 2. The van der Waals surface area contributed by atoms with Crippen molar-refractivity contribution in [3.8, 4) is 0 Å². The van der Waals surface area contributed by atoms with Gasteiger partial charge in [-0.1, -0.05) is 0 Å². The van der Waals surface area contributed by atoms with E-state index in [0.29, 0.717) is 6.04 Å². The fraction of sp³-hybridized carbons (Fsp3) is 0.500. The average Bonchev–Trinajstić information content (AvgIpc) is 2.62. The highest BCUT2D eigenvalue weighted by molar-refractivity contribution is 9.10. The number of nitrogens with one attached hydrogen (secondary N) is 1. The molecule has 1 fully saturated rings. The van der Waals surface area contributed by atoms with Crippen LogP contribution in [0, 0.1) is 0 Å². The molecule has 70 valence electrons. The minimum Gasteiger partial charge on any atom is -0.379 e. The van der Waals surface area contributed by atoms with Gasteiger partial charge >= 0.3 is 0 Å². The Balaban J connectivity index is 1.97. The Labute approximate surface area is 84.8 Å². The van der Waals surface area contributed by atoms with Gasteiger partial charge in [0.2, 0.25) is 0 Å². The molecular weight excluding hydrogens is 234 g/mol. The van der Waals surface area contributed by atoms with E-state index in [0.717, 1.165) is 30.1 Å². The van der Waals surface area contributed by atoms with Gasteiger partial charge in [-0.25, -0.2) is 0 Å². The highest BCUT2D eigenvalue weighted by Crippen LogP contribution is 2.12. The molecule has 0 amide bonds. The standard InChI is InChI=1S/C8H10BrN3O/c9-7-1-2-8(12-11-7)10-6-3-4-13-5-6/h1-2,6H,3-5H2,(H,10,12)/t6-/m0/s1. The van der Waals surface area contributed by atoms with Gasteiger partial charge in [0, 0.05) is 6.61 Å². The second-order valence-corrected chi connectivity index (χ2v) is 3.76. The van der Waals surface area contributed by atoms with Crippen molar-refractivity contribution in [1.82, 2.24) is 10.2 Å². The summed E-state index contributed by atoms with van der Waals surface area (Å²) in [5.41, 5.74) is 0. The molecule has 1 aliphatic heterocycles. The van der Waals surface area contributed by atoms with E-state index in [1.54, 1.807) is 0 Å². The molecule has 1 aromatic rings. The van der Waals surface area contributed by atoms with E-state index in [2.05, 4.69) is 31.4 Å². The van der Waals surface area contributed by atoms with E-state index in [4.69, 9.17) is 4.74 Å². The van der Waals surface area contributed by atoms with E-state index < -0.39 is 0 Å². The van der Waals surface area contributed by atoms with Crippen molar-refractivity contribution in [3.05, 3.63) is 16.7 Å². The Bertz CT molecular complexity index is 271. The summed E-state index contributed by atoms with van der Waals surface area (Å²) in [6, 6.07) is 4.15. The molecule has 0 saturated carbocycles. The zero-order valence-electron chi connectivity index (χ0n) is 7.03. The number of ether oxygens (including phenoxy) is 1. The summed E-state index contributed by atoms with van der Waals surface area (Å²) >= 11 is 3.23. The van der Waals surface area contributed by atoms with Crippen LogP contribution >= 0.6 is 15.9 Å². The van der Waals surface area contributed by atoms with Crippen LogP contribution in [0.5, 0.6) is 0 Å². The van der Waals surface area contributed by atoms with E-state index in [-0.39, 0.29) is 0 Å². The smallest absolute Gasteiger partial charge is 0.149 e. The van der Waals surface area contributed by atoms with Gasteiger partial charge in [0.15, 0.2) is 0 Å². The zero-order chi connectivity index (χ0) is 9.10. The molecule has 4 nitrogen and oxygen atoms in total. The van der Waals surface area contributed by atoms with Crippen LogP contribution in [0.1, 0.15) is 6.42 Å². The SMILES string of the molecule is Brc1ccc(N[C@H]2CCOC2)nn1. The topological polar surface area (TPSA) is 47.0 Å². The summed E-state index contributed by atoms with van der Waals surface area (Å²) in [6.07, 6.45) is 1.04. The van der Waals surface area contributed by atoms with Crippen LogP contribution in [0.3, 0.4) is 0 Å². The van der Waals surface area contributed by atoms with Crippen molar-refractivity contribution in [2.75, 3.05) is 18.5 Å². The second-order valence-electron chi connectivity index (χ2n) is 2.95. The fourth-order valence-corrected chi connectivity index (χ4v) is 1.46. The number of nitrogens with zero attached hydrogens (tertiary/aromatic N) is 2. The highest BCUT2D eigenvalue weighted by Gasteiger charge is 2.15. The Kier molecular flexibility index (Phi) is 2.75. The van der Waals surface area contributed by atoms with Crippen LogP contribution in [0.15, 0.2) is 16.7 Å². The van der Waals surface area contributed by atoms with Gasteiger partial charge < -0.3 is 10.1 Å². The first-order valence-corrected chi connectivity index (χ1v) is 4.97. The second kappa shape index (κ2) is 4.02. The van der Waals surface area contributed by atoms with Gasteiger partial charge in [-0.3, -0.25) is 0 Å². The fourth-order valence-electron chi connectivity index (χ4n) is 1.25. The Hall–Kier alpha value is -0.680. The molecule has 1 atom stereocenters. The van der Waals surface area contributed by atoms with Crippen molar-refractivity contribution >= 4 is 21.7 Å². The number of aromatic nitrogens is 2. The first-order chi connectivity index (χ1) is 6.34. The quantitative estimate of drug-likeness (QED) is 0.855. The lowest BCUT2D eigenvalue weighted by Gasteiger charge is -2.09. The number of anilines is 1. The summed E-state index contributed by atoms with van der Waals surface area (Å²) in [7, 11) is 0. The Morgan fingerprint density at radius 1 is 1.46 bits per heavy atom. The minimum atomic E-state index is 0.385. The molecule has 0 spiro atoms. The highest BCUT2D eigenvalue weighted by atomic mass is 79.9. The Morgan fingerprint density at radius 3 is 3.00 bits per heavy atom. The summed E-state index contributed by atoms with van der Waals surface area (Å²) in [5, 5.41) is 11.1. The van der Waals surface area contributed by atoms with Crippen LogP contribution in [0.25, 0.3) is 0 Å². The van der Waals surface area contributed by atoms with Crippen molar-refractivity contribution in [2.45, 2.75) is 12.5 Å². The molecule has 13 heavy (non-hydrogen) atoms. The molecule has 2 rings (SSSR count). The van der Waals surface area contributed by atoms with Crippen LogP contribution in [-0.2, 0) is 4.74 Å².